The topological polar surface area (TPSA) is 88.9 Å². The number of rotatable bonds is 8. The van der Waals surface area contributed by atoms with Crippen LogP contribution >= 0.6 is 11.8 Å². The summed E-state index contributed by atoms with van der Waals surface area (Å²) in [5.41, 5.74) is 1.79. The Balaban J connectivity index is 1.66. The number of aryl methyl sites for hydroxylation is 1. The zero-order valence-electron chi connectivity index (χ0n) is 18.4. The predicted molar refractivity (Wildman–Crippen MR) is 123 cm³/mol. The maximum atomic E-state index is 13.2. The highest BCUT2D eigenvalue weighted by molar-refractivity contribution is 7.99. The standard InChI is InChI=1S/C23H26FN5O2S/c1-14(2)20(26-22(31)16-8-6-5-7-9-16)21-27-28-23(29(21)4)32-13-19(30)25-18-11-10-17(24)12-15(18)3/h5-12,14,20H,13H2,1-4H3,(H,25,30)(H,26,31). The molecular weight excluding hydrogens is 429 g/mol. The third-order valence-electron chi connectivity index (χ3n) is 4.93. The van der Waals surface area contributed by atoms with Crippen LogP contribution in [0, 0.1) is 18.7 Å². The first-order valence-electron chi connectivity index (χ1n) is 10.2. The molecule has 0 bridgehead atoms. The van der Waals surface area contributed by atoms with E-state index in [1.807, 2.05) is 39.1 Å². The van der Waals surface area contributed by atoms with Gasteiger partial charge in [-0.15, -0.1) is 10.2 Å². The number of nitrogens with one attached hydrogen (secondary N) is 2. The molecule has 3 aromatic rings. The average molecular weight is 456 g/mol. The molecule has 2 N–H and O–H groups in total. The summed E-state index contributed by atoms with van der Waals surface area (Å²) in [6.45, 7) is 5.72. The molecule has 0 saturated carbocycles. The van der Waals surface area contributed by atoms with Crippen molar-refractivity contribution in [2.45, 2.75) is 32.0 Å². The highest BCUT2D eigenvalue weighted by Gasteiger charge is 2.25. The van der Waals surface area contributed by atoms with E-state index in [9.17, 15) is 14.0 Å². The molecule has 9 heteroatoms. The molecule has 0 fully saturated rings. The van der Waals surface area contributed by atoms with Crippen molar-refractivity contribution in [3.8, 4) is 0 Å². The Morgan fingerprint density at radius 1 is 1.12 bits per heavy atom. The maximum absolute atomic E-state index is 13.2. The van der Waals surface area contributed by atoms with Gasteiger partial charge in [-0.2, -0.15) is 0 Å². The van der Waals surface area contributed by atoms with Crippen molar-refractivity contribution in [1.29, 1.82) is 0 Å². The number of carbonyl (C=O) groups excluding carboxylic acids is 2. The summed E-state index contributed by atoms with van der Waals surface area (Å²) in [6.07, 6.45) is 0. The molecule has 0 spiro atoms. The van der Waals surface area contributed by atoms with Gasteiger partial charge in [0.05, 0.1) is 11.8 Å². The van der Waals surface area contributed by atoms with E-state index in [0.29, 0.717) is 27.8 Å². The highest BCUT2D eigenvalue weighted by atomic mass is 32.2. The van der Waals surface area contributed by atoms with Crippen LogP contribution in [-0.2, 0) is 11.8 Å². The van der Waals surface area contributed by atoms with Gasteiger partial charge in [-0.3, -0.25) is 9.59 Å². The smallest absolute Gasteiger partial charge is 0.251 e. The van der Waals surface area contributed by atoms with Crippen LogP contribution in [0.5, 0.6) is 0 Å². The Labute approximate surface area is 190 Å². The third kappa shape index (κ3) is 5.73. The summed E-state index contributed by atoms with van der Waals surface area (Å²) in [5, 5.41) is 14.8. The number of hydrogen-bond acceptors (Lipinski definition) is 5. The minimum atomic E-state index is -0.347. The van der Waals surface area contributed by atoms with Gasteiger partial charge >= 0.3 is 0 Å². The molecule has 1 unspecified atom stereocenters. The number of thioether (sulfide) groups is 1. The maximum Gasteiger partial charge on any atom is 0.251 e. The number of amides is 2. The van der Waals surface area contributed by atoms with Crippen LogP contribution in [0.4, 0.5) is 10.1 Å². The van der Waals surface area contributed by atoms with E-state index in [2.05, 4.69) is 20.8 Å². The molecule has 3 rings (SSSR count). The number of halogens is 1. The zero-order chi connectivity index (χ0) is 23.3. The molecule has 2 aromatic carbocycles. The fourth-order valence-corrected chi connectivity index (χ4v) is 3.87. The van der Waals surface area contributed by atoms with Gasteiger partial charge in [-0.05, 0) is 48.7 Å². The van der Waals surface area contributed by atoms with Gasteiger partial charge in [0.25, 0.3) is 5.91 Å². The second-order valence-electron chi connectivity index (χ2n) is 7.76. The van der Waals surface area contributed by atoms with Gasteiger partial charge in [0.2, 0.25) is 5.91 Å². The van der Waals surface area contributed by atoms with Crippen LogP contribution in [0.15, 0.2) is 53.7 Å². The lowest BCUT2D eigenvalue weighted by Crippen LogP contribution is -2.33. The molecule has 0 saturated heterocycles. The third-order valence-corrected chi connectivity index (χ3v) is 5.95. The minimum Gasteiger partial charge on any atom is -0.342 e. The molecule has 0 radical (unpaired) electrons. The fourth-order valence-electron chi connectivity index (χ4n) is 3.15. The Morgan fingerprint density at radius 3 is 2.50 bits per heavy atom. The van der Waals surface area contributed by atoms with Gasteiger partial charge in [-0.25, -0.2) is 4.39 Å². The summed E-state index contributed by atoms with van der Waals surface area (Å²) in [5.74, 6) is 0.0452. The number of hydrogen-bond donors (Lipinski definition) is 2. The molecule has 1 heterocycles. The number of nitrogens with zero attached hydrogens (tertiary/aromatic N) is 3. The van der Waals surface area contributed by atoms with Crippen molar-refractivity contribution < 1.29 is 14.0 Å². The van der Waals surface area contributed by atoms with Gasteiger partial charge in [0.1, 0.15) is 5.82 Å². The fraction of sp³-hybridized carbons (Fsp3) is 0.304. The Kier molecular flexibility index (Phi) is 7.63. The van der Waals surface area contributed by atoms with Crippen molar-refractivity contribution in [3.05, 3.63) is 71.3 Å². The van der Waals surface area contributed by atoms with Crippen LogP contribution in [0.2, 0.25) is 0 Å². The lowest BCUT2D eigenvalue weighted by molar-refractivity contribution is -0.113. The van der Waals surface area contributed by atoms with E-state index in [1.54, 1.807) is 23.6 Å². The van der Waals surface area contributed by atoms with Crippen LogP contribution in [-0.4, -0.2) is 32.3 Å². The number of benzene rings is 2. The van der Waals surface area contributed by atoms with E-state index in [4.69, 9.17) is 0 Å². The molecule has 168 valence electrons. The van der Waals surface area contributed by atoms with Gasteiger partial charge < -0.3 is 15.2 Å². The molecular formula is C23H26FN5O2S. The largest absolute Gasteiger partial charge is 0.342 e. The normalized spacial score (nSPS) is 11.9. The Bertz CT molecular complexity index is 1100. The summed E-state index contributed by atoms with van der Waals surface area (Å²) in [7, 11) is 1.81. The van der Waals surface area contributed by atoms with Gasteiger partial charge in [-0.1, -0.05) is 43.8 Å². The zero-order valence-corrected chi connectivity index (χ0v) is 19.2. The van der Waals surface area contributed by atoms with Crippen molar-refractivity contribution in [1.82, 2.24) is 20.1 Å². The predicted octanol–water partition coefficient (Wildman–Crippen LogP) is 4.12. The second-order valence-corrected chi connectivity index (χ2v) is 8.70. The lowest BCUT2D eigenvalue weighted by atomic mass is 10.0. The molecule has 1 aromatic heterocycles. The van der Waals surface area contributed by atoms with E-state index >= 15 is 0 Å². The molecule has 2 amide bonds. The average Bonchev–Trinajstić information content (AvgIpc) is 3.12. The number of carbonyl (C=O) groups is 2. The van der Waals surface area contributed by atoms with E-state index in [-0.39, 0.29) is 35.3 Å². The molecule has 1 atom stereocenters. The second kappa shape index (κ2) is 10.4. The molecule has 0 aliphatic rings. The van der Waals surface area contributed by atoms with Crippen molar-refractivity contribution >= 4 is 29.3 Å². The summed E-state index contributed by atoms with van der Waals surface area (Å²) >= 11 is 1.24. The summed E-state index contributed by atoms with van der Waals surface area (Å²) < 4.78 is 15.0. The minimum absolute atomic E-state index is 0.0770. The Hall–Kier alpha value is -3.20. The van der Waals surface area contributed by atoms with Crippen LogP contribution in [0.3, 0.4) is 0 Å². The quantitative estimate of drug-likeness (QED) is 0.499. The number of anilines is 1. The van der Waals surface area contributed by atoms with Crippen molar-refractivity contribution in [3.63, 3.8) is 0 Å². The first kappa shape index (κ1) is 23.5. The Morgan fingerprint density at radius 2 is 1.84 bits per heavy atom. The van der Waals surface area contributed by atoms with Crippen molar-refractivity contribution in [2.75, 3.05) is 11.1 Å². The number of aromatic nitrogens is 3. The summed E-state index contributed by atoms with van der Waals surface area (Å²) in [6, 6.07) is 12.9. The van der Waals surface area contributed by atoms with Gasteiger partial charge in [0.15, 0.2) is 11.0 Å². The first-order chi connectivity index (χ1) is 15.3. The SMILES string of the molecule is Cc1cc(F)ccc1NC(=O)CSc1nnc(C(NC(=O)c2ccccc2)C(C)C)n1C. The van der Waals surface area contributed by atoms with E-state index < -0.39 is 0 Å². The monoisotopic (exact) mass is 455 g/mol. The van der Waals surface area contributed by atoms with E-state index in [1.165, 1.54) is 30.0 Å². The molecule has 32 heavy (non-hydrogen) atoms. The molecule has 7 nitrogen and oxygen atoms in total. The van der Waals surface area contributed by atoms with Crippen LogP contribution in [0.1, 0.15) is 41.6 Å². The van der Waals surface area contributed by atoms with Crippen LogP contribution < -0.4 is 10.6 Å². The molecule has 0 aliphatic carbocycles. The highest BCUT2D eigenvalue weighted by Crippen LogP contribution is 2.25. The lowest BCUT2D eigenvalue weighted by Gasteiger charge is -2.21. The first-order valence-corrected chi connectivity index (χ1v) is 11.2. The molecule has 0 aliphatic heterocycles. The van der Waals surface area contributed by atoms with E-state index in [0.717, 1.165) is 0 Å². The van der Waals surface area contributed by atoms with Gasteiger partial charge in [0, 0.05) is 18.3 Å². The summed E-state index contributed by atoms with van der Waals surface area (Å²) in [4.78, 5) is 25.0. The van der Waals surface area contributed by atoms with Crippen LogP contribution in [0.25, 0.3) is 0 Å². The van der Waals surface area contributed by atoms with Crippen molar-refractivity contribution in [2.24, 2.45) is 13.0 Å².